The highest BCUT2D eigenvalue weighted by molar-refractivity contribution is 6.36. The molecular weight excluding hydrogens is 303 g/mol. The summed E-state index contributed by atoms with van der Waals surface area (Å²) in [4.78, 5) is 26.3. The number of aromatic carboxylic acids is 1. The van der Waals surface area contributed by atoms with Gasteiger partial charge in [0, 0.05) is 11.2 Å². The van der Waals surface area contributed by atoms with Crippen molar-refractivity contribution in [2.45, 2.75) is 0 Å². The summed E-state index contributed by atoms with van der Waals surface area (Å²) in [5.74, 6) is -1.60. The summed E-state index contributed by atoms with van der Waals surface area (Å²) in [5, 5.41) is 12.1. The molecule has 1 aromatic heterocycles. The fourth-order valence-corrected chi connectivity index (χ4v) is 1.90. The van der Waals surface area contributed by atoms with Crippen molar-refractivity contribution in [1.29, 1.82) is 0 Å². The minimum Gasteiger partial charge on any atom is -0.477 e. The molecule has 0 fully saturated rings. The number of carbonyl (C=O) groups excluding carboxylic acids is 1. The lowest BCUT2D eigenvalue weighted by atomic mass is 10.2. The van der Waals surface area contributed by atoms with E-state index in [0.717, 1.165) is 0 Å². The molecule has 0 saturated heterocycles. The number of carboxylic acid groups (broad SMARTS) is 1. The number of benzene rings is 1. The van der Waals surface area contributed by atoms with Gasteiger partial charge in [0.1, 0.15) is 5.69 Å². The summed E-state index contributed by atoms with van der Waals surface area (Å²) in [6.45, 7) is 0. The van der Waals surface area contributed by atoms with Crippen LogP contribution in [0.1, 0.15) is 20.8 Å². The van der Waals surface area contributed by atoms with Crippen molar-refractivity contribution >= 4 is 40.8 Å². The van der Waals surface area contributed by atoms with E-state index in [1.807, 2.05) is 0 Å². The Labute approximate surface area is 124 Å². The predicted molar refractivity (Wildman–Crippen MR) is 75.6 cm³/mol. The maximum absolute atomic E-state index is 11.9. The molecule has 0 unspecified atom stereocenters. The third-order valence-corrected chi connectivity index (χ3v) is 2.97. The van der Waals surface area contributed by atoms with Crippen LogP contribution < -0.4 is 5.32 Å². The minimum atomic E-state index is -1.15. The van der Waals surface area contributed by atoms with Crippen LogP contribution in [-0.4, -0.2) is 22.0 Å². The molecule has 7 heteroatoms. The molecule has 0 saturated carbocycles. The first kappa shape index (κ1) is 14.3. The normalized spacial score (nSPS) is 10.1. The topological polar surface area (TPSA) is 79.3 Å². The number of hydrogen-bond acceptors (Lipinski definition) is 3. The third-order valence-electron chi connectivity index (χ3n) is 2.42. The molecule has 0 bridgehead atoms. The van der Waals surface area contributed by atoms with Gasteiger partial charge in [0.15, 0.2) is 0 Å². The van der Waals surface area contributed by atoms with Gasteiger partial charge >= 0.3 is 5.97 Å². The average molecular weight is 311 g/mol. The van der Waals surface area contributed by atoms with Crippen LogP contribution in [0.2, 0.25) is 10.0 Å². The Kier molecular flexibility index (Phi) is 4.22. The number of pyridine rings is 1. The van der Waals surface area contributed by atoms with E-state index in [1.54, 1.807) is 12.1 Å². The van der Waals surface area contributed by atoms with Crippen LogP contribution in [-0.2, 0) is 0 Å². The standard InChI is InChI=1S/C13H8Cl2N2O3/c14-8-2-4-10(9(15)5-8)17-12(18)7-1-3-11(13(19)20)16-6-7/h1-6H,(H,17,18)(H,19,20). The Morgan fingerprint density at radius 1 is 1.15 bits per heavy atom. The molecule has 2 N–H and O–H groups in total. The zero-order chi connectivity index (χ0) is 14.7. The second kappa shape index (κ2) is 5.90. The number of hydrogen-bond donors (Lipinski definition) is 2. The molecule has 1 amide bonds. The second-order valence-corrected chi connectivity index (χ2v) is 4.66. The molecule has 0 atom stereocenters. The number of carboxylic acids is 1. The van der Waals surface area contributed by atoms with E-state index < -0.39 is 11.9 Å². The number of carbonyl (C=O) groups is 2. The zero-order valence-corrected chi connectivity index (χ0v) is 11.4. The number of aromatic nitrogens is 1. The summed E-state index contributed by atoms with van der Waals surface area (Å²) in [7, 11) is 0. The first-order valence-electron chi connectivity index (χ1n) is 5.43. The van der Waals surface area contributed by atoms with Crippen molar-refractivity contribution in [3.05, 3.63) is 57.8 Å². The molecule has 5 nitrogen and oxygen atoms in total. The average Bonchev–Trinajstić information content (AvgIpc) is 2.42. The maximum atomic E-state index is 11.9. The first-order chi connectivity index (χ1) is 9.47. The molecule has 0 aliphatic heterocycles. The molecular formula is C13H8Cl2N2O3. The molecule has 0 spiro atoms. The fourth-order valence-electron chi connectivity index (χ4n) is 1.44. The quantitative estimate of drug-likeness (QED) is 0.911. The molecule has 1 aromatic carbocycles. The van der Waals surface area contributed by atoms with Gasteiger partial charge in [0.2, 0.25) is 0 Å². The van der Waals surface area contributed by atoms with Gasteiger partial charge in [0.05, 0.1) is 16.3 Å². The van der Waals surface area contributed by atoms with Gasteiger partial charge in [-0.15, -0.1) is 0 Å². The lowest BCUT2D eigenvalue weighted by molar-refractivity contribution is 0.0690. The van der Waals surface area contributed by atoms with E-state index in [-0.39, 0.29) is 11.3 Å². The Morgan fingerprint density at radius 2 is 1.90 bits per heavy atom. The summed E-state index contributed by atoms with van der Waals surface area (Å²) < 4.78 is 0. The fraction of sp³-hybridized carbons (Fsp3) is 0. The lowest BCUT2D eigenvalue weighted by Crippen LogP contribution is -2.13. The van der Waals surface area contributed by atoms with Crippen LogP contribution in [0.3, 0.4) is 0 Å². The highest BCUT2D eigenvalue weighted by Crippen LogP contribution is 2.25. The Morgan fingerprint density at radius 3 is 2.45 bits per heavy atom. The van der Waals surface area contributed by atoms with Crippen molar-refractivity contribution in [2.24, 2.45) is 0 Å². The van der Waals surface area contributed by atoms with Crippen molar-refractivity contribution in [1.82, 2.24) is 4.98 Å². The van der Waals surface area contributed by atoms with Crippen molar-refractivity contribution in [3.63, 3.8) is 0 Å². The van der Waals surface area contributed by atoms with Gasteiger partial charge in [-0.3, -0.25) is 4.79 Å². The maximum Gasteiger partial charge on any atom is 0.354 e. The van der Waals surface area contributed by atoms with Crippen LogP contribution >= 0.6 is 23.2 Å². The first-order valence-corrected chi connectivity index (χ1v) is 6.18. The third kappa shape index (κ3) is 3.26. The monoisotopic (exact) mass is 310 g/mol. The summed E-state index contributed by atoms with van der Waals surface area (Å²) in [6.07, 6.45) is 1.18. The van der Waals surface area contributed by atoms with Crippen LogP contribution in [0.25, 0.3) is 0 Å². The van der Waals surface area contributed by atoms with Crippen molar-refractivity contribution in [3.8, 4) is 0 Å². The van der Waals surface area contributed by atoms with Crippen molar-refractivity contribution < 1.29 is 14.7 Å². The molecule has 0 radical (unpaired) electrons. The van der Waals surface area contributed by atoms with Crippen LogP contribution in [0.4, 0.5) is 5.69 Å². The van der Waals surface area contributed by atoms with Crippen molar-refractivity contribution in [2.75, 3.05) is 5.32 Å². The van der Waals surface area contributed by atoms with E-state index in [0.29, 0.717) is 15.7 Å². The number of nitrogens with one attached hydrogen (secondary N) is 1. The van der Waals surface area contributed by atoms with E-state index >= 15 is 0 Å². The van der Waals surface area contributed by atoms with Crippen LogP contribution in [0.5, 0.6) is 0 Å². The molecule has 2 aromatic rings. The van der Waals surface area contributed by atoms with E-state index in [9.17, 15) is 9.59 Å². The number of rotatable bonds is 3. The molecule has 20 heavy (non-hydrogen) atoms. The largest absolute Gasteiger partial charge is 0.477 e. The molecule has 0 aliphatic carbocycles. The van der Waals surface area contributed by atoms with Crippen LogP contribution in [0, 0.1) is 0 Å². The SMILES string of the molecule is O=C(Nc1ccc(Cl)cc1Cl)c1ccc(C(=O)O)nc1. The summed E-state index contributed by atoms with van der Waals surface area (Å²) in [6, 6.07) is 7.29. The minimum absolute atomic E-state index is 0.133. The van der Waals surface area contributed by atoms with Gasteiger partial charge in [-0.25, -0.2) is 9.78 Å². The number of amides is 1. The number of halogens is 2. The van der Waals surface area contributed by atoms with E-state index in [1.165, 1.54) is 24.4 Å². The van der Waals surface area contributed by atoms with Gasteiger partial charge in [-0.2, -0.15) is 0 Å². The number of anilines is 1. The van der Waals surface area contributed by atoms with Gasteiger partial charge in [-0.05, 0) is 30.3 Å². The van der Waals surface area contributed by atoms with Gasteiger partial charge < -0.3 is 10.4 Å². The van der Waals surface area contributed by atoms with E-state index in [4.69, 9.17) is 28.3 Å². The molecule has 2 rings (SSSR count). The predicted octanol–water partition coefficient (Wildman–Crippen LogP) is 3.34. The lowest BCUT2D eigenvalue weighted by Gasteiger charge is -2.07. The smallest absolute Gasteiger partial charge is 0.354 e. The Balaban J connectivity index is 2.17. The zero-order valence-electron chi connectivity index (χ0n) is 9.93. The van der Waals surface area contributed by atoms with Gasteiger partial charge in [0.25, 0.3) is 5.91 Å². The highest BCUT2D eigenvalue weighted by atomic mass is 35.5. The number of nitrogens with zero attached hydrogens (tertiary/aromatic N) is 1. The summed E-state index contributed by atoms with van der Waals surface area (Å²) >= 11 is 11.7. The Hall–Kier alpha value is -2.11. The molecule has 102 valence electrons. The molecule has 1 heterocycles. The summed E-state index contributed by atoms with van der Waals surface area (Å²) in [5.41, 5.74) is 0.496. The van der Waals surface area contributed by atoms with E-state index in [2.05, 4.69) is 10.3 Å². The Bertz CT molecular complexity index is 672. The molecule has 0 aliphatic rings. The second-order valence-electron chi connectivity index (χ2n) is 3.82. The van der Waals surface area contributed by atoms with Gasteiger partial charge in [-0.1, -0.05) is 23.2 Å². The van der Waals surface area contributed by atoms with Crippen LogP contribution in [0.15, 0.2) is 36.5 Å². The highest BCUT2D eigenvalue weighted by Gasteiger charge is 2.11.